The molecule has 1 fully saturated rings. The topological polar surface area (TPSA) is 62.5 Å². The fourth-order valence-corrected chi connectivity index (χ4v) is 3.27. The first-order valence-electron chi connectivity index (χ1n) is 8.87. The van der Waals surface area contributed by atoms with E-state index in [1.54, 1.807) is 0 Å². The van der Waals surface area contributed by atoms with Crippen molar-refractivity contribution in [2.24, 2.45) is 0 Å². The van der Waals surface area contributed by atoms with Crippen molar-refractivity contribution in [1.82, 2.24) is 14.9 Å². The zero-order chi connectivity index (χ0) is 18.3. The van der Waals surface area contributed by atoms with E-state index >= 15 is 0 Å². The second kappa shape index (κ2) is 6.44. The van der Waals surface area contributed by atoms with Gasteiger partial charge < -0.3 is 14.2 Å². The number of fused-ring (bicyclic) bond motifs is 1. The Labute approximate surface area is 152 Å². The van der Waals surface area contributed by atoms with E-state index in [1.165, 1.54) is 0 Å². The summed E-state index contributed by atoms with van der Waals surface area (Å²) in [5, 5.41) is 0. The average Bonchev–Trinajstić information content (AvgIpc) is 3.06. The Hall–Kier alpha value is -2.89. The average molecular weight is 350 g/mol. The molecule has 0 bridgehead atoms. The Morgan fingerprint density at radius 2 is 1.77 bits per heavy atom. The van der Waals surface area contributed by atoms with Gasteiger partial charge in [-0.15, -0.1) is 0 Å². The van der Waals surface area contributed by atoms with Crippen LogP contribution in [-0.2, 0) is 0 Å². The number of oxazole rings is 1. The van der Waals surface area contributed by atoms with Gasteiger partial charge in [0.15, 0.2) is 5.58 Å². The van der Waals surface area contributed by atoms with Crippen LogP contribution >= 0.6 is 0 Å². The molecular formula is C20H22N4O2. The molecule has 6 heteroatoms. The normalized spacial score (nSPS) is 14.9. The number of aryl methyl sites for hydroxylation is 3. The summed E-state index contributed by atoms with van der Waals surface area (Å²) in [4.78, 5) is 25.7. The number of amides is 1. The summed E-state index contributed by atoms with van der Waals surface area (Å²) in [6.45, 7) is 8.62. The molecule has 1 aromatic carbocycles. The molecule has 4 rings (SSSR count). The van der Waals surface area contributed by atoms with E-state index in [4.69, 9.17) is 4.42 Å². The maximum Gasteiger partial charge on any atom is 0.300 e. The molecular weight excluding hydrogens is 328 g/mol. The first-order valence-corrected chi connectivity index (χ1v) is 8.87. The molecule has 1 aliphatic heterocycles. The van der Waals surface area contributed by atoms with Gasteiger partial charge in [-0.3, -0.25) is 4.79 Å². The van der Waals surface area contributed by atoms with Crippen molar-refractivity contribution in [2.75, 3.05) is 31.1 Å². The maximum atomic E-state index is 12.9. The molecule has 1 saturated heterocycles. The lowest BCUT2D eigenvalue weighted by molar-refractivity contribution is 0.0744. The highest BCUT2D eigenvalue weighted by atomic mass is 16.4. The molecule has 1 amide bonds. The summed E-state index contributed by atoms with van der Waals surface area (Å²) < 4.78 is 5.83. The standard InChI is InChI=1S/C20H22N4O2/c1-13-4-5-14(2)16(12-13)19(25)23-8-10-24(11-9-23)20-22-18-17(26-20)7-6-15(3)21-18/h4-7,12H,8-11H2,1-3H3. The third kappa shape index (κ3) is 3.03. The molecule has 3 heterocycles. The fourth-order valence-electron chi connectivity index (χ4n) is 3.27. The van der Waals surface area contributed by atoms with Crippen LogP contribution in [-0.4, -0.2) is 47.0 Å². The van der Waals surface area contributed by atoms with Gasteiger partial charge in [-0.1, -0.05) is 17.7 Å². The van der Waals surface area contributed by atoms with Gasteiger partial charge in [0.25, 0.3) is 11.9 Å². The van der Waals surface area contributed by atoms with Crippen molar-refractivity contribution in [3.05, 3.63) is 52.7 Å². The lowest BCUT2D eigenvalue weighted by atomic mass is 10.0. The molecule has 0 saturated carbocycles. The molecule has 0 unspecified atom stereocenters. The number of carbonyl (C=O) groups excluding carboxylic acids is 1. The molecule has 0 atom stereocenters. The Kier molecular flexibility index (Phi) is 4.11. The second-order valence-electron chi connectivity index (χ2n) is 6.87. The van der Waals surface area contributed by atoms with Crippen molar-refractivity contribution in [3.63, 3.8) is 0 Å². The van der Waals surface area contributed by atoms with Gasteiger partial charge in [0.1, 0.15) is 0 Å². The van der Waals surface area contributed by atoms with Crippen LogP contribution in [0.15, 0.2) is 34.7 Å². The number of pyridine rings is 1. The molecule has 26 heavy (non-hydrogen) atoms. The van der Waals surface area contributed by atoms with E-state index in [9.17, 15) is 4.79 Å². The van der Waals surface area contributed by atoms with Crippen molar-refractivity contribution in [2.45, 2.75) is 20.8 Å². The molecule has 0 N–H and O–H groups in total. The third-order valence-electron chi connectivity index (χ3n) is 4.84. The van der Waals surface area contributed by atoms with Crippen LogP contribution in [0.2, 0.25) is 0 Å². The van der Waals surface area contributed by atoms with Crippen LogP contribution in [0.25, 0.3) is 11.2 Å². The minimum atomic E-state index is 0.0979. The van der Waals surface area contributed by atoms with Gasteiger partial charge in [0, 0.05) is 37.4 Å². The highest BCUT2D eigenvalue weighted by Crippen LogP contribution is 2.23. The number of aromatic nitrogens is 2. The van der Waals surface area contributed by atoms with E-state index in [-0.39, 0.29) is 5.91 Å². The van der Waals surface area contributed by atoms with Crippen LogP contribution in [0.3, 0.4) is 0 Å². The Balaban J connectivity index is 1.48. The first-order chi connectivity index (χ1) is 12.5. The van der Waals surface area contributed by atoms with Gasteiger partial charge in [-0.2, -0.15) is 4.98 Å². The lowest BCUT2D eigenvalue weighted by Crippen LogP contribution is -2.49. The Morgan fingerprint density at radius 1 is 1.00 bits per heavy atom. The first kappa shape index (κ1) is 16.6. The quantitative estimate of drug-likeness (QED) is 0.711. The predicted molar refractivity (Wildman–Crippen MR) is 101 cm³/mol. The number of piperazine rings is 1. The van der Waals surface area contributed by atoms with Crippen molar-refractivity contribution < 1.29 is 9.21 Å². The van der Waals surface area contributed by atoms with E-state index in [0.29, 0.717) is 43.4 Å². The highest BCUT2D eigenvalue weighted by Gasteiger charge is 2.25. The van der Waals surface area contributed by atoms with Gasteiger partial charge in [-0.05, 0) is 44.5 Å². The van der Waals surface area contributed by atoms with Crippen LogP contribution < -0.4 is 4.90 Å². The highest BCUT2D eigenvalue weighted by molar-refractivity contribution is 5.96. The van der Waals surface area contributed by atoms with Crippen molar-refractivity contribution >= 4 is 23.2 Å². The molecule has 1 aliphatic rings. The SMILES string of the molecule is Cc1ccc(C)c(C(=O)N2CCN(c3nc4nc(C)ccc4o3)CC2)c1. The Bertz CT molecular complexity index is 971. The zero-order valence-corrected chi connectivity index (χ0v) is 15.3. The van der Waals surface area contributed by atoms with Gasteiger partial charge in [-0.25, -0.2) is 4.98 Å². The smallest absolute Gasteiger partial charge is 0.300 e. The van der Waals surface area contributed by atoms with E-state index in [2.05, 4.69) is 14.9 Å². The van der Waals surface area contributed by atoms with Crippen LogP contribution in [0, 0.1) is 20.8 Å². The molecule has 0 spiro atoms. The molecule has 2 aromatic heterocycles. The summed E-state index contributed by atoms with van der Waals surface area (Å²) in [6.07, 6.45) is 0. The third-order valence-corrected chi connectivity index (χ3v) is 4.84. The molecule has 6 nitrogen and oxygen atoms in total. The minimum Gasteiger partial charge on any atom is -0.422 e. The summed E-state index contributed by atoms with van der Waals surface area (Å²) in [6, 6.07) is 10.4. The largest absolute Gasteiger partial charge is 0.422 e. The summed E-state index contributed by atoms with van der Waals surface area (Å²) in [5.41, 5.74) is 5.16. The summed E-state index contributed by atoms with van der Waals surface area (Å²) in [5.74, 6) is 0.0979. The molecule has 0 radical (unpaired) electrons. The Morgan fingerprint density at radius 3 is 2.54 bits per heavy atom. The number of rotatable bonds is 2. The monoisotopic (exact) mass is 350 g/mol. The number of nitrogens with zero attached hydrogens (tertiary/aromatic N) is 4. The number of carbonyl (C=O) groups is 1. The summed E-state index contributed by atoms with van der Waals surface area (Å²) >= 11 is 0. The number of hydrogen-bond acceptors (Lipinski definition) is 5. The minimum absolute atomic E-state index is 0.0979. The lowest BCUT2D eigenvalue weighted by Gasteiger charge is -2.34. The van der Waals surface area contributed by atoms with E-state index in [1.807, 2.05) is 56.0 Å². The second-order valence-corrected chi connectivity index (χ2v) is 6.87. The van der Waals surface area contributed by atoms with Gasteiger partial charge >= 0.3 is 0 Å². The number of anilines is 1. The van der Waals surface area contributed by atoms with Crippen LogP contribution in [0.5, 0.6) is 0 Å². The van der Waals surface area contributed by atoms with Crippen molar-refractivity contribution in [3.8, 4) is 0 Å². The van der Waals surface area contributed by atoms with Gasteiger partial charge in [0.05, 0.1) is 0 Å². The summed E-state index contributed by atoms with van der Waals surface area (Å²) in [7, 11) is 0. The van der Waals surface area contributed by atoms with Crippen LogP contribution in [0.4, 0.5) is 6.01 Å². The zero-order valence-electron chi connectivity index (χ0n) is 15.3. The molecule has 3 aromatic rings. The van der Waals surface area contributed by atoms with Crippen molar-refractivity contribution in [1.29, 1.82) is 0 Å². The predicted octanol–water partition coefficient (Wildman–Crippen LogP) is 3.11. The van der Waals surface area contributed by atoms with E-state index in [0.717, 1.165) is 22.4 Å². The van der Waals surface area contributed by atoms with Gasteiger partial charge in [0.2, 0.25) is 5.65 Å². The van der Waals surface area contributed by atoms with Crippen LogP contribution in [0.1, 0.15) is 27.2 Å². The fraction of sp³-hybridized carbons (Fsp3) is 0.350. The molecule has 134 valence electrons. The number of hydrogen-bond donors (Lipinski definition) is 0. The number of benzene rings is 1. The molecule has 0 aliphatic carbocycles. The van der Waals surface area contributed by atoms with E-state index < -0.39 is 0 Å². The maximum absolute atomic E-state index is 12.9.